The van der Waals surface area contributed by atoms with E-state index in [4.69, 9.17) is 7.48 Å². The third kappa shape index (κ3) is 2.71. The first-order valence-electron chi connectivity index (χ1n) is 7.47. The second-order valence-corrected chi connectivity index (χ2v) is 5.42. The average molecular weight is 240 g/mol. The van der Waals surface area contributed by atoms with Crippen molar-refractivity contribution in [2.45, 2.75) is 63.6 Å². The molecule has 2 aliphatic carbocycles. The minimum Gasteiger partial charge on any atom is -0.462 e. The van der Waals surface area contributed by atoms with E-state index in [-0.39, 0.29) is 24.5 Å². The Kier molecular flexibility index (Phi) is 2.86. The second kappa shape index (κ2) is 4.81. The molecule has 1 N–H and O–H groups in total. The van der Waals surface area contributed by atoms with Gasteiger partial charge in [0.25, 0.3) is 0 Å². The van der Waals surface area contributed by atoms with Crippen molar-refractivity contribution in [2.24, 2.45) is 5.92 Å². The maximum atomic E-state index is 11.2. The molecule has 2 rings (SSSR count). The first kappa shape index (κ1) is 10.1. The summed E-state index contributed by atoms with van der Waals surface area (Å²) in [6.45, 7) is 1.20. The molecular formula is C14H22O3. The number of fused-ring (bicyclic) bond motifs is 1. The van der Waals surface area contributed by atoms with Gasteiger partial charge in [-0.2, -0.15) is 0 Å². The van der Waals surface area contributed by atoms with E-state index in [1.54, 1.807) is 0 Å². The SMILES string of the molecule is [2H]C([2H])=C1CC[C@@H](OC(C)=O)[C@H]2CCCC[C@@]2(O)C1. The maximum absolute atomic E-state index is 11.2. The quantitative estimate of drug-likeness (QED) is 0.566. The van der Waals surface area contributed by atoms with Gasteiger partial charge >= 0.3 is 5.97 Å². The van der Waals surface area contributed by atoms with Crippen molar-refractivity contribution in [3.63, 3.8) is 0 Å². The molecule has 2 aliphatic rings. The molecule has 3 nitrogen and oxygen atoms in total. The van der Waals surface area contributed by atoms with Crippen molar-refractivity contribution in [1.82, 2.24) is 0 Å². The number of hydrogen-bond donors (Lipinski definition) is 1. The van der Waals surface area contributed by atoms with Crippen molar-refractivity contribution >= 4 is 5.97 Å². The van der Waals surface area contributed by atoms with Gasteiger partial charge in [-0.3, -0.25) is 4.79 Å². The molecule has 17 heavy (non-hydrogen) atoms. The van der Waals surface area contributed by atoms with Crippen molar-refractivity contribution in [2.75, 3.05) is 0 Å². The standard InChI is InChI=1S/C14H22O3/c1-10-6-7-13(17-11(2)15)12-5-3-4-8-14(12,16)9-10/h12-13,16H,1,3-9H2,2H3/t12-,13-,14-/m1/s1/i1D2. The van der Waals surface area contributed by atoms with Gasteiger partial charge in [0.05, 0.1) is 8.34 Å². The van der Waals surface area contributed by atoms with E-state index in [1.165, 1.54) is 6.92 Å². The summed E-state index contributed by atoms with van der Waals surface area (Å²) < 4.78 is 20.4. The fraction of sp³-hybridized carbons (Fsp3) is 0.786. The van der Waals surface area contributed by atoms with Gasteiger partial charge in [-0.05, 0) is 32.1 Å². The Hall–Kier alpha value is -0.830. The molecule has 96 valence electrons. The number of ether oxygens (including phenoxy) is 1. The highest BCUT2D eigenvalue weighted by Gasteiger charge is 2.46. The lowest BCUT2D eigenvalue weighted by molar-refractivity contribution is -0.159. The lowest BCUT2D eigenvalue weighted by Crippen LogP contribution is -2.46. The van der Waals surface area contributed by atoms with Crippen molar-refractivity contribution in [1.29, 1.82) is 0 Å². The van der Waals surface area contributed by atoms with E-state index < -0.39 is 5.60 Å². The summed E-state index contributed by atoms with van der Waals surface area (Å²) in [7, 11) is 0. The molecule has 2 fully saturated rings. The highest BCUT2D eigenvalue weighted by molar-refractivity contribution is 5.66. The van der Waals surface area contributed by atoms with E-state index in [9.17, 15) is 9.90 Å². The van der Waals surface area contributed by atoms with E-state index in [0.717, 1.165) is 19.3 Å². The van der Waals surface area contributed by atoms with E-state index in [0.29, 0.717) is 31.3 Å². The lowest BCUT2D eigenvalue weighted by Gasteiger charge is -2.42. The molecule has 0 unspecified atom stereocenters. The zero-order valence-corrected chi connectivity index (χ0v) is 10.4. The van der Waals surface area contributed by atoms with Gasteiger partial charge in [0, 0.05) is 12.8 Å². The fourth-order valence-corrected chi connectivity index (χ4v) is 3.33. The summed E-state index contributed by atoms with van der Waals surface area (Å²) >= 11 is 0. The molecule has 0 saturated heterocycles. The maximum Gasteiger partial charge on any atom is 0.302 e. The van der Waals surface area contributed by atoms with Crippen LogP contribution in [0.2, 0.25) is 0 Å². The first-order valence-corrected chi connectivity index (χ1v) is 6.47. The van der Waals surface area contributed by atoms with Crippen molar-refractivity contribution in [3.05, 3.63) is 12.1 Å². The topological polar surface area (TPSA) is 46.5 Å². The third-order valence-corrected chi connectivity index (χ3v) is 4.08. The van der Waals surface area contributed by atoms with Crippen LogP contribution in [0.25, 0.3) is 0 Å². The van der Waals surface area contributed by atoms with Gasteiger partial charge in [0.1, 0.15) is 6.10 Å². The molecule has 3 atom stereocenters. The Labute approximate surface area is 106 Å². The largest absolute Gasteiger partial charge is 0.462 e. The van der Waals surface area contributed by atoms with E-state index in [1.807, 2.05) is 0 Å². The zero-order chi connectivity index (χ0) is 14.0. The summed E-state index contributed by atoms with van der Waals surface area (Å²) in [6.07, 6.45) is 4.82. The average Bonchev–Trinajstić information content (AvgIpc) is 2.46. The van der Waals surface area contributed by atoms with E-state index in [2.05, 4.69) is 0 Å². The van der Waals surface area contributed by atoms with Crippen LogP contribution in [-0.4, -0.2) is 22.8 Å². The van der Waals surface area contributed by atoms with E-state index >= 15 is 0 Å². The molecule has 0 bridgehead atoms. The van der Waals surface area contributed by atoms with Crippen LogP contribution in [0.1, 0.15) is 54.6 Å². The van der Waals surface area contributed by atoms with Gasteiger partial charge in [-0.1, -0.05) is 24.9 Å². The number of carbonyl (C=O) groups is 1. The normalized spacial score (nSPS) is 39.5. The number of rotatable bonds is 1. The second-order valence-electron chi connectivity index (χ2n) is 5.42. The predicted octanol–water partition coefficient (Wildman–Crippen LogP) is 2.58. The monoisotopic (exact) mass is 240 g/mol. The number of aliphatic hydroxyl groups is 1. The molecule has 0 heterocycles. The molecule has 3 heteroatoms. The molecule has 0 amide bonds. The minimum absolute atomic E-state index is 0.0537. The molecule has 0 aromatic carbocycles. The van der Waals surface area contributed by atoms with Crippen LogP contribution in [0, 0.1) is 5.92 Å². The molecule has 0 aromatic heterocycles. The van der Waals surface area contributed by atoms with Crippen molar-refractivity contribution in [3.8, 4) is 0 Å². The van der Waals surface area contributed by atoms with Gasteiger partial charge in [-0.15, -0.1) is 0 Å². The molecule has 0 aliphatic heterocycles. The summed E-state index contributed by atoms with van der Waals surface area (Å²) in [6, 6.07) is 0. The minimum atomic E-state index is -0.905. The first-order chi connectivity index (χ1) is 8.92. The third-order valence-electron chi connectivity index (χ3n) is 4.08. The molecule has 0 radical (unpaired) electrons. The Bertz CT molecular complexity index is 390. The van der Waals surface area contributed by atoms with Crippen LogP contribution in [0.15, 0.2) is 12.1 Å². The summed E-state index contributed by atoms with van der Waals surface area (Å²) in [5.41, 5.74) is -0.221. The molecule has 0 aromatic rings. The smallest absolute Gasteiger partial charge is 0.302 e. The van der Waals surface area contributed by atoms with Crippen LogP contribution in [0.3, 0.4) is 0 Å². The highest BCUT2D eigenvalue weighted by atomic mass is 16.5. The molecule has 0 spiro atoms. The van der Waals surface area contributed by atoms with Gasteiger partial charge in [-0.25, -0.2) is 0 Å². The van der Waals surface area contributed by atoms with Crippen LogP contribution >= 0.6 is 0 Å². The lowest BCUT2D eigenvalue weighted by atomic mass is 9.71. The molecular weight excluding hydrogens is 216 g/mol. The van der Waals surface area contributed by atoms with Gasteiger partial charge in [0.2, 0.25) is 0 Å². The summed E-state index contributed by atoms with van der Waals surface area (Å²) in [4.78, 5) is 11.2. The Morgan fingerprint density at radius 1 is 1.59 bits per heavy atom. The number of hydrogen-bond acceptors (Lipinski definition) is 3. The summed E-state index contributed by atoms with van der Waals surface area (Å²) in [5.74, 6) is -0.371. The van der Waals surface area contributed by atoms with Gasteiger partial charge in [0.15, 0.2) is 0 Å². The predicted molar refractivity (Wildman–Crippen MR) is 65.5 cm³/mol. The van der Waals surface area contributed by atoms with Crippen LogP contribution < -0.4 is 0 Å². The highest BCUT2D eigenvalue weighted by Crippen LogP contribution is 2.44. The van der Waals surface area contributed by atoms with Crippen molar-refractivity contribution < 1.29 is 17.4 Å². The zero-order valence-electron chi connectivity index (χ0n) is 12.4. The van der Waals surface area contributed by atoms with Crippen LogP contribution in [-0.2, 0) is 9.53 Å². The van der Waals surface area contributed by atoms with Crippen LogP contribution in [0.4, 0.5) is 0 Å². The number of carbonyl (C=O) groups excluding carboxylic acids is 1. The van der Waals surface area contributed by atoms with Gasteiger partial charge < -0.3 is 9.84 Å². The molecule has 2 saturated carbocycles. The fourth-order valence-electron chi connectivity index (χ4n) is 3.33. The Morgan fingerprint density at radius 3 is 3.12 bits per heavy atom. The Balaban J connectivity index is 2.28. The summed E-state index contributed by atoms with van der Waals surface area (Å²) in [5, 5.41) is 10.9. The van der Waals surface area contributed by atoms with Crippen LogP contribution in [0.5, 0.6) is 0 Å². The number of esters is 1. The Morgan fingerprint density at radius 2 is 2.41 bits per heavy atom.